The summed E-state index contributed by atoms with van der Waals surface area (Å²) in [4.78, 5) is 4.76. The summed E-state index contributed by atoms with van der Waals surface area (Å²) in [5.74, 6) is 0. The maximum absolute atomic E-state index is 4.76. The van der Waals surface area contributed by atoms with Crippen LogP contribution in [0.3, 0.4) is 0 Å². The molecule has 0 amide bonds. The highest BCUT2D eigenvalue weighted by Crippen LogP contribution is 2.32. The predicted molar refractivity (Wildman–Crippen MR) is 109 cm³/mol. The minimum Gasteiger partial charge on any atom is -0.256 e. The van der Waals surface area contributed by atoms with Gasteiger partial charge < -0.3 is 0 Å². The first kappa shape index (κ1) is 16.9. The lowest BCUT2D eigenvalue weighted by Crippen LogP contribution is -2.46. The largest absolute Gasteiger partial charge is 0.256 e. The Hall–Kier alpha value is -1.93. The van der Waals surface area contributed by atoms with Gasteiger partial charge in [-0.3, -0.25) is 4.98 Å². The van der Waals surface area contributed by atoms with Crippen molar-refractivity contribution in [3.63, 3.8) is 0 Å². The number of fused-ring (bicyclic) bond motifs is 1. The van der Waals surface area contributed by atoms with Gasteiger partial charge in [-0.15, -0.1) is 0 Å². The monoisotopic (exact) mass is 333 g/mol. The Bertz CT molecular complexity index is 841. The summed E-state index contributed by atoms with van der Waals surface area (Å²) < 4.78 is 0. The third-order valence-electron chi connectivity index (χ3n) is 5.70. The molecule has 0 aliphatic rings. The maximum Gasteiger partial charge on any atom is 0.0868 e. The van der Waals surface area contributed by atoms with E-state index in [1.54, 1.807) is 5.19 Å². The van der Waals surface area contributed by atoms with E-state index in [0.29, 0.717) is 0 Å². The van der Waals surface area contributed by atoms with Gasteiger partial charge in [0.25, 0.3) is 0 Å². The Morgan fingerprint density at radius 3 is 2.25 bits per heavy atom. The molecule has 3 rings (SSSR count). The number of hydrogen-bond acceptors (Lipinski definition) is 1. The molecule has 0 N–H and O–H groups in total. The van der Waals surface area contributed by atoms with Crippen LogP contribution in [0.25, 0.3) is 22.0 Å². The summed E-state index contributed by atoms with van der Waals surface area (Å²) in [6.45, 7) is 9.28. The van der Waals surface area contributed by atoms with Crippen LogP contribution in [0.5, 0.6) is 0 Å². The first-order valence-electron chi connectivity index (χ1n) is 9.10. The molecule has 24 heavy (non-hydrogen) atoms. The second kappa shape index (κ2) is 6.90. The topological polar surface area (TPSA) is 12.9 Å². The maximum atomic E-state index is 4.76. The number of aromatic nitrogens is 1. The van der Waals surface area contributed by atoms with E-state index in [9.17, 15) is 0 Å². The lowest BCUT2D eigenvalue weighted by Gasteiger charge is -2.31. The van der Waals surface area contributed by atoms with E-state index in [-0.39, 0.29) is 0 Å². The van der Waals surface area contributed by atoms with E-state index in [4.69, 9.17) is 4.98 Å². The summed E-state index contributed by atoms with van der Waals surface area (Å²) >= 11 is 0. The summed E-state index contributed by atoms with van der Waals surface area (Å²) in [6.07, 6.45) is 1.95. The minimum atomic E-state index is -1.50. The van der Waals surface area contributed by atoms with Crippen LogP contribution in [-0.4, -0.2) is 13.1 Å². The zero-order valence-corrected chi connectivity index (χ0v) is 16.3. The van der Waals surface area contributed by atoms with Crippen molar-refractivity contribution in [2.24, 2.45) is 0 Å². The highest BCUT2D eigenvalue weighted by molar-refractivity contribution is 6.92. The Morgan fingerprint density at radius 2 is 1.58 bits per heavy atom. The van der Waals surface area contributed by atoms with Gasteiger partial charge >= 0.3 is 0 Å². The van der Waals surface area contributed by atoms with Crippen molar-refractivity contribution < 1.29 is 0 Å². The van der Waals surface area contributed by atoms with Crippen LogP contribution in [0.4, 0.5) is 0 Å². The van der Waals surface area contributed by atoms with Crippen molar-refractivity contribution in [1.82, 2.24) is 4.98 Å². The molecule has 0 fully saturated rings. The van der Waals surface area contributed by atoms with E-state index >= 15 is 0 Å². The van der Waals surface area contributed by atoms with Gasteiger partial charge in [-0.1, -0.05) is 75.3 Å². The fraction of sp³-hybridized carbons (Fsp3) is 0.318. The lowest BCUT2D eigenvalue weighted by molar-refractivity contribution is 1.19. The van der Waals surface area contributed by atoms with Gasteiger partial charge in [0.2, 0.25) is 0 Å². The predicted octanol–water partition coefficient (Wildman–Crippen LogP) is 5.93. The Morgan fingerprint density at radius 1 is 0.875 bits per heavy atom. The van der Waals surface area contributed by atoms with E-state index in [0.717, 1.165) is 5.69 Å². The van der Waals surface area contributed by atoms with Crippen molar-refractivity contribution >= 4 is 24.0 Å². The first-order valence-corrected chi connectivity index (χ1v) is 11.7. The summed E-state index contributed by atoms with van der Waals surface area (Å²) in [5, 5.41) is 4.25. The number of benzene rings is 2. The summed E-state index contributed by atoms with van der Waals surface area (Å²) in [6, 6.07) is 21.7. The Kier molecular flexibility index (Phi) is 4.86. The van der Waals surface area contributed by atoms with Crippen LogP contribution in [0.1, 0.15) is 26.3 Å². The minimum absolute atomic E-state index is 1.13. The van der Waals surface area contributed by atoms with E-state index < -0.39 is 8.07 Å². The van der Waals surface area contributed by atoms with Crippen molar-refractivity contribution in [3.8, 4) is 11.3 Å². The molecule has 0 bridgehead atoms. The van der Waals surface area contributed by atoms with Gasteiger partial charge in [0.15, 0.2) is 0 Å². The van der Waals surface area contributed by atoms with Crippen molar-refractivity contribution in [1.29, 1.82) is 0 Å². The van der Waals surface area contributed by atoms with Gasteiger partial charge in [0.1, 0.15) is 0 Å². The number of hydrogen-bond donors (Lipinski definition) is 0. The molecule has 0 saturated heterocycles. The van der Waals surface area contributed by atoms with E-state index in [2.05, 4.69) is 76.2 Å². The molecule has 1 aromatic heterocycles. The molecule has 1 nitrogen and oxygen atoms in total. The molecule has 0 aliphatic heterocycles. The lowest BCUT2D eigenvalue weighted by atomic mass is 10.0. The second-order valence-electron chi connectivity index (χ2n) is 6.77. The third kappa shape index (κ3) is 2.80. The zero-order valence-electron chi connectivity index (χ0n) is 15.3. The van der Waals surface area contributed by atoms with E-state index in [1.807, 2.05) is 6.20 Å². The molecule has 2 aromatic carbocycles. The van der Waals surface area contributed by atoms with Gasteiger partial charge in [-0.2, -0.15) is 0 Å². The molecule has 0 saturated carbocycles. The number of pyridine rings is 1. The SMILES string of the molecule is CC[Si](CC)(CC)c1ccc2ccccc2c1-c1cc(C)ccn1. The summed E-state index contributed by atoms with van der Waals surface area (Å²) in [5.41, 5.74) is 3.79. The first-order chi connectivity index (χ1) is 11.6. The zero-order chi connectivity index (χ0) is 17.2. The van der Waals surface area contributed by atoms with Crippen LogP contribution in [0, 0.1) is 6.92 Å². The average Bonchev–Trinajstić information content (AvgIpc) is 2.63. The molecule has 0 atom stereocenters. The van der Waals surface area contributed by atoms with Crippen molar-refractivity contribution in [2.75, 3.05) is 0 Å². The quantitative estimate of drug-likeness (QED) is 0.528. The summed E-state index contributed by atoms with van der Waals surface area (Å²) in [7, 11) is -1.50. The number of aryl methyl sites for hydroxylation is 1. The van der Waals surface area contributed by atoms with Gasteiger partial charge in [-0.25, -0.2) is 0 Å². The highest BCUT2D eigenvalue weighted by atomic mass is 28.3. The third-order valence-corrected chi connectivity index (χ3v) is 11.3. The van der Waals surface area contributed by atoms with Crippen LogP contribution in [-0.2, 0) is 0 Å². The van der Waals surface area contributed by atoms with Gasteiger partial charge in [0, 0.05) is 11.8 Å². The van der Waals surface area contributed by atoms with Crippen molar-refractivity contribution in [3.05, 3.63) is 60.3 Å². The van der Waals surface area contributed by atoms with Crippen LogP contribution >= 0.6 is 0 Å². The van der Waals surface area contributed by atoms with Gasteiger partial charge in [-0.05, 0) is 40.6 Å². The van der Waals surface area contributed by atoms with Crippen molar-refractivity contribution in [2.45, 2.75) is 45.8 Å². The number of nitrogens with zero attached hydrogens (tertiary/aromatic N) is 1. The fourth-order valence-corrected chi connectivity index (χ4v) is 7.86. The normalized spacial score (nSPS) is 11.8. The number of rotatable bonds is 5. The Balaban J connectivity index is 2.40. The standard InChI is InChI=1S/C22H27NSi/c1-5-24(6-2,7-3)21-13-12-18-10-8-9-11-19(18)22(21)20-16-17(4)14-15-23-20/h8-16H,5-7H2,1-4H3. The van der Waals surface area contributed by atoms with Crippen LogP contribution < -0.4 is 5.19 Å². The second-order valence-corrected chi connectivity index (χ2v) is 12.0. The Labute approximate surface area is 146 Å². The molecule has 0 radical (unpaired) electrons. The molecular formula is C22H27NSi. The van der Waals surface area contributed by atoms with Crippen LogP contribution in [0.2, 0.25) is 18.1 Å². The molecule has 0 aliphatic carbocycles. The van der Waals surface area contributed by atoms with Gasteiger partial charge in [0.05, 0.1) is 13.8 Å². The molecule has 2 heteroatoms. The fourth-order valence-electron chi connectivity index (χ4n) is 3.98. The molecule has 124 valence electrons. The molecule has 1 heterocycles. The molecular weight excluding hydrogens is 306 g/mol. The molecule has 0 spiro atoms. The van der Waals surface area contributed by atoms with Crippen LogP contribution in [0.15, 0.2) is 54.7 Å². The van der Waals surface area contributed by atoms with E-state index in [1.165, 1.54) is 40.0 Å². The smallest absolute Gasteiger partial charge is 0.0868 e. The average molecular weight is 334 g/mol. The molecule has 3 aromatic rings. The highest BCUT2D eigenvalue weighted by Gasteiger charge is 2.32. The molecule has 0 unspecified atom stereocenters.